The maximum absolute atomic E-state index is 5.89. The first kappa shape index (κ1) is 12.8. The molecule has 0 aromatic heterocycles. The molecule has 1 atom stereocenters. The Kier molecular flexibility index (Phi) is 4.51. The van der Waals surface area contributed by atoms with Crippen molar-refractivity contribution in [2.75, 3.05) is 13.2 Å². The summed E-state index contributed by atoms with van der Waals surface area (Å²) in [4.78, 5) is 0. The second kappa shape index (κ2) is 6.34. The Bertz CT molecular complexity index is 481. The van der Waals surface area contributed by atoms with Gasteiger partial charge < -0.3 is 10.5 Å². The highest BCUT2D eigenvalue weighted by Crippen LogP contribution is 2.26. The number of benzene rings is 2. The van der Waals surface area contributed by atoms with Gasteiger partial charge >= 0.3 is 0 Å². The van der Waals surface area contributed by atoms with E-state index in [1.165, 1.54) is 11.1 Å². The second-order valence-electron chi connectivity index (χ2n) is 4.36. The summed E-state index contributed by atoms with van der Waals surface area (Å²) in [6.07, 6.45) is -0.0327. The van der Waals surface area contributed by atoms with Crippen molar-refractivity contribution in [3.63, 3.8) is 0 Å². The fraction of sp³-hybridized carbons (Fsp3) is 0.250. The molecule has 1 unspecified atom stereocenters. The molecule has 2 rings (SSSR count). The summed E-state index contributed by atoms with van der Waals surface area (Å²) < 4.78 is 5.89. The number of nitrogens with two attached hydrogens (primary N) is 1. The first-order chi connectivity index (χ1) is 8.81. The minimum Gasteiger partial charge on any atom is -0.367 e. The van der Waals surface area contributed by atoms with E-state index in [1.807, 2.05) is 18.2 Å². The van der Waals surface area contributed by atoms with Crippen molar-refractivity contribution in [1.82, 2.24) is 0 Å². The van der Waals surface area contributed by atoms with Crippen LogP contribution in [-0.4, -0.2) is 13.2 Å². The Labute approximate surface area is 108 Å². The Balaban J connectivity index is 2.31. The average Bonchev–Trinajstić information content (AvgIpc) is 2.40. The Morgan fingerprint density at radius 3 is 2.39 bits per heavy atom. The van der Waals surface area contributed by atoms with E-state index in [0.29, 0.717) is 13.2 Å². The summed E-state index contributed by atoms with van der Waals surface area (Å²) in [5, 5.41) is 0. The van der Waals surface area contributed by atoms with E-state index in [2.05, 4.69) is 43.3 Å². The third-order valence-corrected chi connectivity index (χ3v) is 2.85. The van der Waals surface area contributed by atoms with Gasteiger partial charge in [0, 0.05) is 6.54 Å². The van der Waals surface area contributed by atoms with Crippen LogP contribution < -0.4 is 5.73 Å². The van der Waals surface area contributed by atoms with Crippen molar-refractivity contribution in [2.45, 2.75) is 13.0 Å². The molecule has 94 valence electrons. The van der Waals surface area contributed by atoms with Crippen molar-refractivity contribution >= 4 is 0 Å². The number of aryl methyl sites for hydroxylation is 1. The van der Waals surface area contributed by atoms with Crippen molar-refractivity contribution in [2.24, 2.45) is 5.73 Å². The van der Waals surface area contributed by atoms with E-state index in [-0.39, 0.29) is 6.10 Å². The van der Waals surface area contributed by atoms with Gasteiger partial charge in [0.25, 0.3) is 0 Å². The number of ether oxygens (including phenoxy) is 1. The molecule has 0 aliphatic carbocycles. The van der Waals surface area contributed by atoms with Gasteiger partial charge in [-0.3, -0.25) is 0 Å². The molecule has 2 aromatic rings. The van der Waals surface area contributed by atoms with Gasteiger partial charge in [-0.05, 0) is 18.1 Å². The first-order valence-corrected chi connectivity index (χ1v) is 6.24. The third-order valence-electron chi connectivity index (χ3n) is 2.85. The quantitative estimate of drug-likeness (QED) is 0.873. The lowest BCUT2D eigenvalue weighted by Gasteiger charge is -2.19. The third kappa shape index (κ3) is 3.19. The summed E-state index contributed by atoms with van der Waals surface area (Å²) in [5.41, 5.74) is 9.12. The van der Waals surface area contributed by atoms with Crippen LogP contribution in [0.15, 0.2) is 54.6 Å². The number of hydrogen-bond donors (Lipinski definition) is 1. The molecule has 0 bridgehead atoms. The van der Waals surface area contributed by atoms with Gasteiger partial charge in [0.1, 0.15) is 6.10 Å². The predicted molar refractivity (Wildman–Crippen MR) is 74.5 cm³/mol. The van der Waals surface area contributed by atoms with E-state index in [1.54, 1.807) is 0 Å². The highest BCUT2D eigenvalue weighted by molar-refractivity contribution is 5.32. The first-order valence-electron chi connectivity index (χ1n) is 6.24. The van der Waals surface area contributed by atoms with E-state index >= 15 is 0 Å². The van der Waals surface area contributed by atoms with Crippen LogP contribution >= 0.6 is 0 Å². The molecule has 0 spiro atoms. The minimum atomic E-state index is -0.0327. The molecule has 2 heteroatoms. The van der Waals surface area contributed by atoms with E-state index in [4.69, 9.17) is 10.5 Å². The molecule has 0 amide bonds. The molecular formula is C16H19NO. The van der Waals surface area contributed by atoms with Crippen LogP contribution in [-0.2, 0) is 4.74 Å². The molecular weight excluding hydrogens is 222 g/mol. The lowest BCUT2D eigenvalue weighted by molar-refractivity contribution is 0.0864. The fourth-order valence-electron chi connectivity index (χ4n) is 2.03. The van der Waals surface area contributed by atoms with Gasteiger partial charge in [-0.1, -0.05) is 60.2 Å². The van der Waals surface area contributed by atoms with E-state index < -0.39 is 0 Å². The average molecular weight is 241 g/mol. The standard InChI is InChI=1S/C16H19NO/c1-13-6-5-9-15(12-13)16(18-11-10-17)14-7-3-2-4-8-14/h2-9,12,16H,10-11,17H2,1H3. The Morgan fingerprint density at radius 1 is 1.00 bits per heavy atom. The van der Waals surface area contributed by atoms with Crippen LogP contribution in [0.5, 0.6) is 0 Å². The zero-order valence-electron chi connectivity index (χ0n) is 10.7. The maximum Gasteiger partial charge on any atom is 0.108 e. The Morgan fingerprint density at radius 2 is 1.72 bits per heavy atom. The molecule has 2 aromatic carbocycles. The van der Waals surface area contributed by atoms with Gasteiger partial charge in [0.05, 0.1) is 6.61 Å². The molecule has 0 fully saturated rings. The van der Waals surface area contributed by atoms with Crippen molar-refractivity contribution in [3.05, 3.63) is 71.3 Å². The summed E-state index contributed by atoms with van der Waals surface area (Å²) in [6.45, 7) is 3.19. The second-order valence-corrected chi connectivity index (χ2v) is 4.36. The molecule has 0 heterocycles. The van der Waals surface area contributed by atoms with Gasteiger partial charge in [0.2, 0.25) is 0 Å². The summed E-state index contributed by atoms with van der Waals surface area (Å²) in [6, 6.07) is 18.7. The largest absolute Gasteiger partial charge is 0.367 e. The highest BCUT2D eigenvalue weighted by atomic mass is 16.5. The molecule has 2 nitrogen and oxygen atoms in total. The fourth-order valence-corrected chi connectivity index (χ4v) is 2.03. The van der Waals surface area contributed by atoms with Gasteiger partial charge in [0.15, 0.2) is 0 Å². The Hall–Kier alpha value is -1.64. The van der Waals surface area contributed by atoms with Crippen LogP contribution in [0.25, 0.3) is 0 Å². The zero-order chi connectivity index (χ0) is 12.8. The molecule has 18 heavy (non-hydrogen) atoms. The van der Waals surface area contributed by atoms with Crippen LogP contribution in [0.2, 0.25) is 0 Å². The van der Waals surface area contributed by atoms with E-state index in [9.17, 15) is 0 Å². The summed E-state index contributed by atoms with van der Waals surface area (Å²) in [7, 11) is 0. The molecule has 0 radical (unpaired) electrons. The topological polar surface area (TPSA) is 35.2 Å². The molecule has 0 aliphatic heterocycles. The number of hydrogen-bond acceptors (Lipinski definition) is 2. The molecule has 0 saturated carbocycles. The SMILES string of the molecule is Cc1cccc(C(OCCN)c2ccccc2)c1. The number of rotatable bonds is 5. The summed E-state index contributed by atoms with van der Waals surface area (Å²) in [5.74, 6) is 0. The van der Waals surface area contributed by atoms with Gasteiger partial charge in [-0.15, -0.1) is 0 Å². The maximum atomic E-state index is 5.89. The van der Waals surface area contributed by atoms with E-state index in [0.717, 1.165) is 5.56 Å². The van der Waals surface area contributed by atoms with Crippen molar-refractivity contribution < 1.29 is 4.74 Å². The van der Waals surface area contributed by atoms with Crippen LogP contribution in [0.3, 0.4) is 0 Å². The monoisotopic (exact) mass is 241 g/mol. The van der Waals surface area contributed by atoms with Gasteiger partial charge in [-0.2, -0.15) is 0 Å². The van der Waals surface area contributed by atoms with Crippen LogP contribution in [0.4, 0.5) is 0 Å². The van der Waals surface area contributed by atoms with Crippen molar-refractivity contribution in [1.29, 1.82) is 0 Å². The normalized spacial score (nSPS) is 12.3. The lowest BCUT2D eigenvalue weighted by Crippen LogP contribution is -2.13. The van der Waals surface area contributed by atoms with Crippen LogP contribution in [0.1, 0.15) is 22.8 Å². The van der Waals surface area contributed by atoms with Crippen LogP contribution in [0, 0.1) is 6.92 Å². The van der Waals surface area contributed by atoms with Gasteiger partial charge in [-0.25, -0.2) is 0 Å². The zero-order valence-corrected chi connectivity index (χ0v) is 10.7. The predicted octanol–water partition coefficient (Wildman–Crippen LogP) is 3.06. The highest BCUT2D eigenvalue weighted by Gasteiger charge is 2.13. The summed E-state index contributed by atoms with van der Waals surface area (Å²) >= 11 is 0. The lowest BCUT2D eigenvalue weighted by atomic mass is 10.00. The van der Waals surface area contributed by atoms with Crippen molar-refractivity contribution in [3.8, 4) is 0 Å². The smallest absolute Gasteiger partial charge is 0.108 e. The molecule has 0 saturated heterocycles. The molecule has 2 N–H and O–H groups in total. The minimum absolute atomic E-state index is 0.0327. The molecule has 0 aliphatic rings.